The van der Waals surface area contributed by atoms with Gasteiger partial charge in [0.1, 0.15) is 11.9 Å². The van der Waals surface area contributed by atoms with E-state index in [-0.39, 0.29) is 0 Å². The highest BCUT2D eigenvalue weighted by atomic mass is 16.1. The lowest BCUT2D eigenvalue weighted by Crippen LogP contribution is -2.18. The van der Waals surface area contributed by atoms with Gasteiger partial charge in [-0.15, -0.1) is 0 Å². The van der Waals surface area contributed by atoms with E-state index >= 15 is 0 Å². The summed E-state index contributed by atoms with van der Waals surface area (Å²) in [7, 11) is 3.79. The normalized spacial score (nSPS) is 17.2. The molecule has 1 heterocycles. The van der Waals surface area contributed by atoms with Crippen molar-refractivity contribution in [2.75, 3.05) is 14.1 Å². The number of nitrogens with zero attached hydrogens (tertiary/aromatic N) is 4. The van der Waals surface area contributed by atoms with Gasteiger partial charge in [-0.25, -0.2) is 9.98 Å². The van der Waals surface area contributed by atoms with Crippen molar-refractivity contribution < 1.29 is 4.79 Å². The lowest BCUT2D eigenvalue weighted by atomic mass is 9.82. The molecular weight excluding hydrogens is 300 g/mol. The van der Waals surface area contributed by atoms with Crippen molar-refractivity contribution in [3.63, 3.8) is 0 Å². The fourth-order valence-electron chi connectivity index (χ4n) is 2.57. The van der Waals surface area contributed by atoms with Crippen molar-refractivity contribution in [1.29, 1.82) is 5.26 Å². The average molecular weight is 326 g/mol. The Morgan fingerprint density at radius 1 is 1.29 bits per heavy atom. The number of rotatable bonds is 4. The lowest BCUT2D eigenvalue weighted by molar-refractivity contribution is -0.122. The molecule has 0 aliphatic heterocycles. The van der Waals surface area contributed by atoms with Gasteiger partial charge in [0.25, 0.3) is 0 Å². The molecule has 128 valence electrons. The molecule has 24 heavy (non-hydrogen) atoms. The van der Waals surface area contributed by atoms with Crippen molar-refractivity contribution in [3.05, 3.63) is 23.4 Å². The van der Waals surface area contributed by atoms with E-state index in [1.807, 2.05) is 31.1 Å². The van der Waals surface area contributed by atoms with E-state index in [1.165, 1.54) is 25.7 Å². The highest BCUT2D eigenvalue weighted by Gasteiger charge is 2.22. The van der Waals surface area contributed by atoms with Gasteiger partial charge >= 0.3 is 0 Å². The minimum atomic E-state index is 0.381. The third-order valence-corrected chi connectivity index (χ3v) is 4.63. The number of aromatic nitrogens is 1. The van der Waals surface area contributed by atoms with E-state index in [1.54, 1.807) is 13.3 Å². The Bertz CT molecular complexity index is 637. The molecule has 0 atom stereocenters. The predicted octanol–water partition coefficient (Wildman–Crippen LogP) is 3.82. The van der Waals surface area contributed by atoms with Crippen LogP contribution in [0.5, 0.6) is 0 Å². The first-order chi connectivity index (χ1) is 11.5. The van der Waals surface area contributed by atoms with Gasteiger partial charge in [-0.2, -0.15) is 5.26 Å². The van der Waals surface area contributed by atoms with Gasteiger partial charge in [0.2, 0.25) is 0 Å². The fraction of sp³-hybridized carbons (Fsp3) is 0.579. The first-order valence-corrected chi connectivity index (χ1v) is 8.63. The van der Waals surface area contributed by atoms with E-state index in [4.69, 9.17) is 5.26 Å². The van der Waals surface area contributed by atoms with Gasteiger partial charge in [0, 0.05) is 31.6 Å². The third kappa shape index (κ3) is 4.89. The molecule has 0 saturated heterocycles. The van der Waals surface area contributed by atoms with Crippen LogP contribution in [0.3, 0.4) is 0 Å². The zero-order chi connectivity index (χ0) is 17.5. The number of hydrogen-bond donors (Lipinski definition) is 0. The van der Waals surface area contributed by atoms with Crippen LogP contribution in [0.25, 0.3) is 0 Å². The molecule has 2 aliphatic rings. The van der Waals surface area contributed by atoms with Gasteiger partial charge in [0.05, 0.1) is 11.9 Å². The Hall–Kier alpha value is -2.22. The zero-order valence-electron chi connectivity index (χ0n) is 14.8. The molecule has 5 nitrogen and oxygen atoms in total. The van der Waals surface area contributed by atoms with Gasteiger partial charge < -0.3 is 4.90 Å². The number of aliphatic imine (C=N–C) groups is 1. The standard InChI is InChI=1S/C13H16N4.C6H10O/c1-17(2)9-15-13-11(8-14)6-7-12(16-13)10-4-3-5-10;1-5(7)6-3-2-4-6/h6-7,9-10H,3-5H2,1-2H3;6H,2-4H2,1H3. The van der Waals surface area contributed by atoms with E-state index < -0.39 is 0 Å². The lowest BCUT2D eigenvalue weighted by Gasteiger charge is -2.24. The summed E-state index contributed by atoms with van der Waals surface area (Å²) in [5.74, 6) is 1.92. The van der Waals surface area contributed by atoms with Crippen LogP contribution < -0.4 is 0 Å². The number of pyridine rings is 1. The molecule has 5 heteroatoms. The van der Waals surface area contributed by atoms with Crippen LogP contribution in [-0.4, -0.2) is 36.1 Å². The first-order valence-electron chi connectivity index (χ1n) is 8.63. The molecule has 0 radical (unpaired) electrons. The topological polar surface area (TPSA) is 69.3 Å². The van der Waals surface area contributed by atoms with Gasteiger partial charge in [0.15, 0.2) is 5.82 Å². The Balaban J connectivity index is 0.000000249. The van der Waals surface area contributed by atoms with Crippen LogP contribution in [0, 0.1) is 17.2 Å². The van der Waals surface area contributed by atoms with Gasteiger partial charge in [-0.05, 0) is 44.7 Å². The Morgan fingerprint density at radius 2 is 1.96 bits per heavy atom. The number of nitriles is 1. The minimum absolute atomic E-state index is 0.381. The molecular formula is C19H26N4O. The molecule has 0 amide bonds. The summed E-state index contributed by atoms with van der Waals surface area (Å²) < 4.78 is 0. The highest BCUT2D eigenvalue weighted by molar-refractivity contribution is 5.78. The maximum Gasteiger partial charge on any atom is 0.171 e. The molecule has 0 spiro atoms. The number of hydrogen-bond acceptors (Lipinski definition) is 4. The van der Waals surface area contributed by atoms with Crippen LogP contribution in [-0.2, 0) is 4.79 Å². The molecule has 2 aliphatic carbocycles. The van der Waals surface area contributed by atoms with E-state index in [2.05, 4.69) is 16.0 Å². The Morgan fingerprint density at radius 3 is 2.33 bits per heavy atom. The van der Waals surface area contributed by atoms with E-state index in [0.717, 1.165) is 18.5 Å². The molecule has 1 aromatic heterocycles. The van der Waals surface area contributed by atoms with Crippen molar-refractivity contribution >= 4 is 17.9 Å². The van der Waals surface area contributed by atoms with Crippen molar-refractivity contribution in [1.82, 2.24) is 9.88 Å². The maximum atomic E-state index is 10.4. The summed E-state index contributed by atoms with van der Waals surface area (Å²) >= 11 is 0. The smallest absolute Gasteiger partial charge is 0.171 e. The molecule has 0 bridgehead atoms. The summed E-state index contributed by atoms with van der Waals surface area (Å²) in [5.41, 5.74) is 1.60. The first kappa shape index (κ1) is 18.1. The summed E-state index contributed by atoms with van der Waals surface area (Å²) in [6.45, 7) is 1.68. The maximum absolute atomic E-state index is 10.4. The minimum Gasteiger partial charge on any atom is -0.369 e. The van der Waals surface area contributed by atoms with Crippen LogP contribution in [0.2, 0.25) is 0 Å². The second-order valence-corrected chi connectivity index (χ2v) is 6.79. The number of carbonyl (C=O) groups excluding carboxylic acids is 1. The molecule has 2 saturated carbocycles. The summed E-state index contributed by atoms with van der Waals surface area (Å²) in [4.78, 5) is 21.0. The van der Waals surface area contributed by atoms with Crippen molar-refractivity contribution in [2.45, 2.75) is 51.4 Å². The molecule has 0 aromatic carbocycles. The van der Waals surface area contributed by atoms with Crippen LogP contribution in [0.4, 0.5) is 5.82 Å². The quantitative estimate of drug-likeness (QED) is 0.623. The monoisotopic (exact) mass is 326 g/mol. The van der Waals surface area contributed by atoms with Crippen LogP contribution >= 0.6 is 0 Å². The van der Waals surface area contributed by atoms with E-state index in [9.17, 15) is 4.79 Å². The predicted molar refractivity (Wildman–Crippen MR) is 95.4 cm³/mol. The Kier molecular flexibility index (Phi) is 6.48. The van der Waals surface area contributed by atoms with Gasteiger partial charge in [-0.3, -0.25) is 4.79 Å². The number of Topliss-reactive ketones (excluding diaryl/α,β-unsaturated/α-hetero) is 1. The van der Waals surface area contributed by atoms with Gasteiger partial charge in [-0.1, -0.05) is 12.8 Å². The molecule has 1 aromatic rings. The van der Waals surface area contributed by atoms with Crippen molar-refractivity contribution in [2.24, 2.45) is 10.9 Å². The summed E-state index contributed by atoms with van der Waals surface area (Å²) in [6, 6.07) is 5.90. The average Bonchev–Trinajstić information content (AvgIpc) is 2.41. The molecule has 2 fully saturated rings. The highest BCUT2D eigenvalue weighted by Crippen LogP contribution is 2.36. The molecule has 3 rings (SSSR count). The number of carbonyl (C=O) groups is 1. The SMILES string of the molecule is CC(=O)C1CCC1.CN(C)C=Nc1nc(C2CCC2)ccc1C#N. The third-order valence-electron chi connectivity index (χ3n) is 4.63. The van der Waals surface area contributed by atoms with Crippen molar-refractivity contribution in [3.8, 4) is 6.07 Å². The largest absolute Gasteiger partial charge is 0.369 e. The second kappa shape index (κ2) is 8.58. The molecule has 0 unspecified atom stereocenters. The fourth-order valence-corrected chi connectivity index (χ4v) is 2.57. The van der Waals surface area contributed by atoms with E-state index in [0.29, 0.717) is 29.0 Å². The zero-order valence-corrected chi connectivity index (χ0v) is 14.8. The molecule has 0 N–H and O–H groups in total. The van der Waals surface area contributed by atoms with Crippen LogP contribution in [0.1, 0.15) is 62.6 Å². The number of ketones is 1. The van der Waals surface area contributed by atoms with Crippen LogP contribution in [0.15, 0.2) is 17.1 Å². The summed E-state index contributed by atoms with van der Waals surface area (Å²) in [5, 5.41) is 9.01. The summed E-state index contributed by atoms with van der Waals surface area (Å²) in [6.07, 6.45) is 8.93. The second-order valence-electron chi connectivity index (χ2n) is 6.79. The Labute approximate surface area is 144 Å².